The van der Waals surface area contributed by atoms with Gasteiger partial charge in [-0.3, -0.25) is 4.79 Å². The van der Waals surface area contributed by atoms with Gasteiger partial charge in [-0.2, -0.15) is 0 Å². The Kier molecular flexibility index (Phi) is 6.12. The topological polar surface area (TPSA) is 59.5 Å². The molecule has 0 aromatic carbocycles. The van der Waals surface area contributed by atoms with E-state index in [9.17, 15) is 4.79 Å². The molecule has 0 aliphatic heterocycles. The molecule has 2 rings (SSSR count). The lowest BCUT2D eigenvalue weighted by Crippen LogP contribution is -2.38. The number of rotatable bonds is 8. The summed E-state index contributed by atoms with van der Waals surface area (Å²) in [5, 5.41) is 0. The second-order valence-corrected chi connectivity index (χ2v) is 5.64. The highest BCUT2D eigenvalue weighted by molar-refractivity contribution is 5.76. The van der Waals surface area contributed by atoms with Gasteiger partial charge in [-0.15, -0.1) is 0 Å². The summed E-state index contributed by atoms with van der Waals surface area (Å²) in [7, 11) is 0. The van der Waals surface area contributed by atoms with Crippen molar-refractivity contribution in [3.8, 4) is 0 Å². The standard InChI is InChI=1S/C16H26N2O2/c17-11-5-1-2-10-16(19)18(14-7-3-4-8-14)13-15-9-6-12-20-15/h6,9,12,14H,1-5,7-8,10-11,13,17H2. The van der Waals surface area contributed by atoms with Gasteiger partial charge in [-0.25, -0.2) is 0 Å². The number of furan rings is 1. The Morgan fingerprint density at radius 1 is 1.30 bits per heavy atom. The minimum atomic E-state index is 0.269. The van der Waals surface area contributed by atoms with Crippen LogP contribution in [0.1, 0.15) is 57.1 Å². The second kappa shape index (κ2) is 8.10. The number of hydrogen-bond donors (Lipinski definition) is 1. The first-order chi connectivity index (χ1) is 9.81. The Morgan fingerprint density at radius 3 is 2.75 bits per heavy atom. The van der Waals surface area contributed by atoms with Crippen molar-refractivity contribution >= 4 is 5.91 Å². The van der Waals surface area contributed by atoms with E-state index < -0.39 is 0 Å². The normalized spacial score (nSPS) is 15.7. The van der Waals surface area contributed by atoms with Crippen LogP contribution in [0.4, 0.5) is 0 Å². The Labute approximate surface area is 121 Å². The maximum Gasteiger partial charge on any atom is 0.223 e. The van der Waals surface area contributed by atoms with Gasteiger partial charge in [-0.1, -0.05) is 19.3 Å². The van der Waals surface area contributed by atoms with E-state index in [1.807, 2.05) is 17.0 Å². The number of unbranched alkanes of at least 4 members (excludes halogenated alkanes) is 2. The number of carbonyl (C=O) groups excluding carboxylic acids is 1. The summed E-state index contributed by atoms with van der Waals surface area (Å²) in [6, 6.07) is 4.24. The van der Waals surface area contributed by atoms with Crippen LogP contribution in [-0.4, -0.2) is 23.4 Å². The molecule has 4 heteroatoms. The van der Waals surface area contributed by atoms with Crippen LogP contribution in [0.3, 0.4) is 0 Å². The predicted octanol–water partition coefficient (Wildman–Crippen LogP) is 3.07. The molecule has 2 N–H and O–H groups in total. The van der Waals surface area contributed by atoms with Crippen LogP contribution in [-0.2, 0) is 11.3 Å². The predicted molar refractivity (Wildman–Crippen MR) is 79.0 cm³/mol. The summed E-state index contributed by atoms with van der Waals surface area (Å²) in [4.78, 5) is 14.5. The molecule has 1 aliphatic rings. The van der Waals surface area contributed by atoms with Gasteiger partial charge in [0.2, 0.25) is 5.91 Å². The Morgan fingerprint density at radius 2 is 2.10 bits per heavy atom. The van der Waals surface area contributed by atoms with E-state index >= 15 is 0 Å². The van der Waals surface area contributed by atoms with E-state index in [0.29, 0.717) is 25.6 Å². The van der Waals surface area contributed by atoms with Crippen molar-refractivity contribution in [3.63, 3.8) is 0 Å². The quantitative estimate of drug-likeness (QED) is 0.743. The van der Waals surface area contributed by atoms with Crippen molar-refractivity contribution in [1.82, 2.24) is 4.90 Å². The number of carbonyl (C=O) groups is 1. The van der Waals surface area contributed by atoms with Gasteiger partial charge in [0, 0.05) is 12.5 Å². The first-order valence-corrected chi connectivity index (χ1v) is 7.83. The van der Waals surface area contributed by atoms with Crippen LogP contribution in [0.15, 0.2) is 22.8 Å². The van der Waals surface area contributed by atoms with Crippen molar-refractivity contribution in [1.29, 1.82) is 0 Å². The molecule has 1 amide bonds. The molecular weight excluding hydrogens is 252 g/mol. The summed E-state index contributed by atoms with van der Waals surface area (Å²) >= 11 is 0. The molecule has 0 spiro atoms. The van der Waals surface area contributed by atoms with Crippen LogP contribution in [0, 0.1) is 0 Å². The molecule has 1 aromatic rings. The van der Waals surface area contributed by atoms with Gasteiger partial charge in [0.15, 0.2) is 0 Å². The smallest absolute Gasteiger partial charge is 0.223 e. The molecule has 0 unspecified atom stereocenters. The van der Waals surface area contributed by atoms with Crippen LogP contribution < -0.4 is 5.73 Å². The van der Waals surface area contributed by atoms with Gasteiger partial charge in [0.05, 0.1) is 12.8 Å². The minimum absolute atomic E-state index is 0.269. The summed E-state index contributed by atoms with van der Waals surface area (Å²) < 4.78 is 5.41. The highest BCUT2D eigenvalue weighted by Gasteiger charge is 2.26. The fourth-order valence-corrected chi connectivity index (χ4v) is 2.95. The first-order valence-electron chi connectivity index (χ1n) is 7.83. The zero-order valence-corrected chi connectivity index (χ0v) is 12.2. The second-order valence-electron chi connectivity index (χ2n) is 5.64. The molecule has 1 saturated carbocycles. The molecule has 0 bridgehead atoms. The first kappa shape index (κ1) is 15.1. The van der Waals surface area contributed by atoms with E-state index in [-0.39, 0.29) is 5.91 Å². The lowest BCUT2D eigenvalue weighted by Gasteiger charge is -2.28. The molecule has 1 fully saturated rings. The maximum absolute atomic E-state index is 12.5. The lowest BCUT2D eigenvalue weighted by molar-refractivity contribution is -0.134. The molecule has 20 heavy (non-hydrogen) atoms. The number of amides is 1. The van der Waals surface area contributed by atoms with Gasteiger partial charge in [0.1, 0.15) is 5.76 Å². The van der Waals surface area contributed by atoms with Crippen LogP contribution >= 0.6 is 0 Å². The minimum Gasteiger partial charge on any atom is -0.467 e. The van der Waals surface area contributed by atoms with E-state index in [0.717, 1.165) is 37.9 Å². The summed E-state index contributed by atoms with van der Waals surface area (Å²) in [5.74, 6) is 1.15. The van der Waals surface area contributed by atoms with Crippen molar-refractivity contribution in [2.75, 3.05) is 6.54 Å². The molecular formula is C16H26N2O2. The molecule has 0 radical (unpaired) electrons. The summed E-state index contributed by atoms with van der Waals surface area (Å²) in [6.45, 7) is 1.33. The highest BCUT2D eigenvalue weighted by Crippen LogP contribution is 2.26. The molecule has 1 aromatic heterocycles. The number of hydrogen-bond acceptors (Lipinski definition) is 3. The van der Waals surface area contributed by atoms with Crippen LogP contribution in [0.25, 0.3) is 0 Å². The van der Waals surface area contributed by atoms with Gasteiger partial charge in [0.25, 0.3) is 0 Å². The van der Waals surface area contributed by atoms with Gasteiger partial charge in [-0.05, 0) is 44.4 Å². The largest absolute Gasteiger partial charge is 0.467 e. The number of nitrogens with zero attached hydrogens (tertiary/aromatic N) is 1. The molecule has 0 saturated heterocycles. The van der Waals surface area contributed by atoms with Crippen molar-refractivity contribution in [2.45, 2.75) is 64.0 Å². The van der Waals surface area contributed by atoms with E-state index in [1.54, 1.807) is 6.26 Å². The fraction of sp³-hybridized carbons (Fsp3) is 0.688. The van der Waals surface area contributed by atoms with Crippen molar-refractivity contribution in [2.24, 2.45) is 5.73 Å². The van der Waals surface area contributed by atoms with Crippen LogP contribution in [0.5, 0.6) is 0 Å². The van der Waals surface area contributed by atoms with E-state index in [4.69, 9.17) is 10.2 Å². The van der Waals surface area contributed by atoms with Crippen molar-refractivity contribution in [3.05, 3.63) is 24.2 Å². The zero-order valence-electron chi connectivity index (χ0n) is 12.2. The molecule has 1 heterocycles. The Balaban J connectivity index is 1.89. The average Bonchev–Trinajstić information content (AvgIpc) is 3.13. The molecule has 0 atom stereocenters. The summed E-state index contributed by atoms with van der Waals surface area (Å²) in [6.07, 6.45) is 10.0. The fourth-order valence-electron chi connectivity index (χ4n) is 2.95. The third kappa shape index (κ3) is 4.37. The molecule has 112 valence electrons. The van der Waals surface area contributed by atoms with Crippen LogP contribution in [0.2, 0.25) is 0 Å². The highest BCUT2D eigenvalue weighted by atomic mass is 16.3. The summed E-state index contributed by atoms with van der Waals surface area (Å²) in [5.41, 5.74) is 5.49. The lowest BCUT2D eigenvalue weighted by atomic mass is 10.1. The third-order valence-corrected chi connectivity index (χ3v) is 4.09. The maximum atomic E-state index is 12.5. The Bertz CT molecular complexity index is 383. The number of nitrogens with two attached hydrogens (primary N) is 1. The van der Waals surface area contributed by atoms with E-state index in [2.05, 4.69) is 0 Å². The Hall–Kier alpha value is -1.29. The average molecular weight is 278 g/mol. The van der Waals surface area contributed by atoms with E-state index in [1.165, 1.54) is 12.8 Å². The SMILES string of the molecule is NCCCCCC(=O)N(Cc1ccco1)C1CCCC1. The van der Waals surface area contributed by atoms with Gasteiger partial charge < -0.3 is 15.1 Å². The third-order valence-electron chi connectivity index (χ3n) is 4.09. The molecule has 1 aliphatic carbocycles. The van der Waals surface area contributed by atoms with Crippen molar-refractivity contribution < 1.29 is 9.21 Å². The van der Waals surface area contributed by atoms with Gasteiger partial charge >= 0.3 is 0 Å². The zero-order chi connectivity index (χ0) is 14.2. The molecule has 4 nitrogen and oxygen atoms in total. The monoisotopic (exact) mass is 278 g/mol.